The van der Waals surface area contributed by atoms with Gasteiger partial charge in [-0.15, -0.1) is 0 Å². The number of aromatic nitrogens is 2. The van der Waals surface area contributed by atoms with Crippen LogP contribution in [-0.2, 0) is 0 Å². The van der Waals surface area contributed by atoms with Crippen molar-refractivity contribution < 1.29 is 4.39 Å². The second kappa shape index (κ2) is 3.02. The summed E-state index contributed by atoms with van der Waals surface area (Å²) >= 11 is 0. The van der Waals surface area contributed by atoms with E-state index < -0.39 is 5.82 Å². The van der Waals surface area contributed by atoms with Crippen molar-refractivity contribution in [3.05, 3.63) is 30.1 Å². The summed E-state index contributed by atoms with van der Waals surface area (Å²) < 4.78 is 13.4. The van der Waals surface area contributed by atoms with Gasteiger partial charge in [-0.1, -0.05) is 0 Å². The fourth-order valence-electron chi connectivity index (χ4n) is 1.22. The molecule has 4 nitrogen and oxygen atoms in total. The van der Waals surface area contributed by atoms with Crippen LogP contribution in [0.15, 0.2) is 24.3 Å². The first-order chi connectivity index (χ1) is 6.66. The molecule has 0 bridgehead atoms. The molecule has 0 aliphatic rings. The van der Waals surface area contributed by atoms with Gasteiger partial charge in [-0.25, -0.2) is 4.39 Å². The number of H-pyrrole nitrogens is 1. The quantitative estimate of drug-likeness (QED) is 0.597. The number of benzene rings is 1. The Morgan fingerprint density at radius 3 is 2.57 bits per heavy atom. The summed E-state index contributed by atoms with van der Waals surface area (Å²) in [5, 5.41) is 6.34. The summed E-state index contributed by atoms with van der Waals surface area (Å²) in [6, 6.07) is 6.02. The summed E-state index contributed by atoms with van der Waals surface area (Å²) in [5.41, 5.74) is 12.2. The highest BCUT2D eigenvalue weighted by Gasteiger charge is 2.07. The average Bonchev–Trinajstić information content (AvgIpc) is 2.51. The number of nitrogen functional groups attached to an aromatic ring is 2. The molecule has 0 aliphatic carbocycles. The predicted octanol–water partition coefficient (Wildman–Crippen LogP) is 1.38. The molecule has 2 aromatic rings. The van der Waals surface area contributed by atoms with E-state index in [0.717, 1.165) is 0 Å². The number of hydrogen-bond donors (Lipinski definition) is 3. The molecular weight excluding hydrogens is 183 g/mol. The van der Waals surface area contributed by atoms with Crippen molar-refractivity contribution in [3.8, 4) is 11.3 Å². The van der Waals surface area contributed by atoms with Gasteiger partial charge in [-0.3, -0.25) is 5.10 Å². The minimum Gasteiger partial charge on any atom is -0.399 e. The molecule has 0 amide bonds. The number of nitrogens with one attached hydrogen (secondary N) is 1. The molecule has 0 atom stereocenters. The molecule has 0 aliphatic heterocycles. The number of halogens is 1. The molecule has 2 rings (SSSR count). The van der Waals surface area contributed by atoms with Crippen molar-refractivity contribution in [1.82, 2.24) is 10.2 Å². The van der Waals surface area contributed by atoms with Gasteiger partial charge >= 0.3 is 0 Å². The molecule has 0 saturated carbocycles. The molecule has 72 valence electrons. The molecule has 5 heteroatoms. The molecular formula is C9H9FN4. The zero-order chi connectivity index (χ0) is 10.1. The Balaban J connectivity index is 2.52. The molecule has 0 saturated heterocycles. The van der Waals surface area contributed by atoms with E-state index in [1.54, 1.807) is 18.2 Å². The normalized spacial score (nSPS) is 10.4. The van der Waals surface area contributed by atoms with Crippen LogP contribution in [0, 0.1) is 5.82 Å². The van der Waals surface area contributed by atoms with Crippen LogP contribution in [0.5, 0.6) is 0 Å². The monoisotopic (exact) mass is 192 g/mol. The summed E-state index contributed by atoms with van der Waals surface area (Å²) in [5.74, 6) is -0.0649. The molecule has 0 spiro atoms. The molecule has 1 aromatic carbocycles. The predicted molar refractivity (Wildman–Crippen MR) is 52.8 cm³/mol. The second-order valence-electron chi connectivity index (χ2n) is 2.95. The summed E-state index contributed by atoms with van der Waals surface area (Å²) in [6.45, 7) is 0. The van der Waals surface area contributed by atoms with E-state index in [9.17, 15) is 4.39 Å². The zero-order valence-electron chi connectivity index (χ0n) is 7.29. The molecule has 1 aromatic heterocycles. The zero-order valence-corrected chi connectivity index (χ0v) is 7.29. The van der Waals surface area contributed by atoms with Gasteiger partial charge in [0, 0.05) is 17.3 Å². The number of hydrogen-bond acceptors (Lipinski definition) is 3. The van der Waals surface area contributed by atoms with Gasteiger partial charge < -0.3 is 11.5 Å². The van der Waals surface area contributed by atoms with Crippen molar-refractivity contribution in [1.29, 1.82) is 0 Å². The summed E-state index contributed by atoms with van der Waals surface area (Å²) in [6.07, 6.45) is 0. The lowest BCUT2D eigenvalue weighted by molar-refractivity contribution is 0.631. The smallest absolute Gasteiger partial charge is 0.145 e. The van der Waals surface area contributed by atoms with E-state index in [4.69, 9.17) is 11.5 Å². The molecule has 0 unspecified atom stereocenters. The van der Waals surface area contributed by atoms with Crippen LogP contribution in [0.4, 0.5) is 15.9 Å². The summed E-state index contributed by atoms with van der Waals surface area (Å²) in [4.78, 5) is 0. The van der Waals surface area contributed by atoms with Gasteiger partial charge in [0.2, 0.25) is 0 Å². The van der Waals surface area contributed by atoms with Crippen LogP contribution in [0.3, 0.4) is 0 Å². The van der Waals surface area contributed by atoms with E-state index in [0.29, 0.717) is 22.8 Å². The Labute approximate surface area is 79.7 Å². The SMILES string of the molecule is Nc1ccc(-c2cc(N)n[nH]2)c(F)c1. The van der Waals surface area contributed by atoms with Crippen LogP contribution in [0.25, 0.3) is 11.3 Å². The summed E-state index contributed by atoms with van der Waals surface area (Å²) in [7, 11) is 0. The highest BCUT2D eigenvalue weighted by molar-refractivity contribution is 5.64. The third kappa shape index (κ3) is 1.39. The van der Waals surface area contributed by atoms with Crippen molar-refractivity contribution >= 4 is 11.5 Å². The topological polar surface area (TPSA) is 80.7 Å². The number of nitrogens with zero attached hydrogens (tertiary/aromatic N) is 1. The molecule has 0 radical (unpaired) electrons. The van der Waals surface area contributed by atoms with Gasteiger partial charge in [0.25, 0.3) is 0 Å². The maximum Gasteiger partial charge on any atom is 0.145 e. The number of rotatable bonds is 1. The lowest BCUT2D eigenvalue weighted by atomic mass is 10.1. The second-order valence-corrected chi connectivity index (χ2v) is 2.95. The highest BCUT2D eigenvalue weighted by atomic mass is 19.1. The number of anilines is 2. The fourth-order valence-corrected chi connectivity index (χ4v) is 1.22. The Morgan fingerprint density at radius 2 is 2.00 bits per heavy atom. The minimum absolute atomic E-state index is 0.330. The average molecular weight is 192 g/mol. The van der Waals surface area contributed by atoms with E-state index in [-0.39, 0.29) is 0 Å². The third-order valence-corrected chi connectivity index (χ3v) is 1.88. The number of aromatic amines is 1. The van der Waals surface area contributed by atoms with Gasteiger partial charge in [0.15, 0.2) is 0 Å². The molecule has 1 heterocycles. The van der Waals surface area contributed by atoms with Crippen LogP contribution in [0.1, 0.15) is 0 Å². The Kier molecular flexibility index (Phi) is 1.85. The van der Waals surface area contributed by atoms with Crippen molar-refractivity contribution in [2.24, 2.45) is 0 Å². The van der Waals surface area contributed by atoms with E-state index in [2.05, 4.69) is 10.2 Å². The number of nitrogens with two attached hydrogens (primary N) is 2. The fraction of sp³-hybridized carbons (Fsp3) is 0. The highest BCUT2D eigenvalue weighted by Crippen LogP contribution is 2.23. The van der Waals surface area contributed by atoms with Crippen LogP contribution < -0.4 is 11.5 Å². The van der Waals surface area contributed by atoms with E-state index in [1.165, 1.54) is 6.07 Å². The lowest BCUT2D eigenvalue weighted by Crippen LogP contribution is -1.89. The first-order valence-corrected chi connectivity index (χ1v) is 4.03. The standard InChI is InChI=1S/C9H9FN4/c10-7-3-5(11)1-2-6(7)8-4-9(12)14-13-8/h1-4H,11H2,(H3,12,13,14). The van der Waals surface area contributed by atoms with Gasteiger partial charge in [-0.2, -0.15) is 5.10 Å². The van der Waals surface area contributed by atoms with Crippen LogP contribution in [0.2, 0.25) is 0 Å². The molecule has 0 fully saturated rings. The van der Waals surface area contributed by atoms with Crippen molar-refractivity contribution in [2.75, 3.05) is 11.5 Å². The largest absolute Gasteiger partial charge is 0.399 e. The van der Waals surface area contributed by atoms with Gasteiger partial charge in [-0.05, 0) is 18.2 Å². The maximum absolute atomic E-state index is 13.4. The van der Waals surface area contributed by atoms with Crippen LogP contribution in [-0.4, -0.2) is 10.2 Å². The van der Waals surface area contributed by atoms with Gasteiger partial charge in [0.1, 0.15) is 11.6 Å². The van der Waals surface area contributed by atoms with Crippen molar-refractivity contribution in [3.63, 3.8) is 0 Å². The first-order valence-electron chi connectivity index (χ1n) is 4.03. The van der Waals surface area contributed by atoms with Crippen LogP contribution >= 0.6 is 0 Å². The lowest BCUT2D eigenvalue weighted by Gasteiger charge is -2.00. The Hall–Kier alpha value is -2.04. The Bertz CT molecular complexity index is 464. The van der Waals surface area contributed by atoms with Crippen molar-refractivity contribution in [2.45, 2.75) is 0 Å². The maximum atomic E-state index is 13.4. The Morgan fingerprint density at radius 1 is 1.21 bits per heavy atom. The van der Waals surface area contributed by atoms with E-state index >= 15 is 0 Å². The third-order valence-electron chi connectivity index (χ3n) is 1.88. The minimum atomic E-state index is -0.395. The molecule has 14 heavy (non-hydrogen) atoms. The van der Waals surface area contributed by atoms with Gasteiger partial charge in [0.05, 0.1) is 5.69 Å². The molecule has 5 N–H and O–H groups in total. The first kappa shape index (κ1) is 8.55. The van der Waals surface area contributed by atoms with E-state index in [1.807, 2.05) is 0 Å².